The average molecular weight is 578 g/mol. The second-order valence-corrected chi connectivity index (χ2v) is 13.3. The highest BCUT2D eigenvalue weighted by atomic mass is 35.5. The van der Waals surface area contributed by atoms with Gasteiger partial charge in [-0.25, -0.2) is 9.78 Å². The quantitative estimate of drug-likeness (QED) is 0.466. The number of pyridine rings is 1. The summed E-state index contributed by atoms with van der Waals surface area (Å²) in [4.78, 5) is 33.9. The van der Waals surface area contributed by atoms with Crippen molar-refractivity contribution in [2.75, 3.05) is 31.1 Å². The van der Waals surface area contributed by atoms with Gasteiger partial charge in [-0.3, -0.25) is 4.79 Å². The Morgan fingerprint density at radius 1 is 0.974 bits per heavy atom. The number of piperazine rings is 1. The van der Waals surface area contributed by atoms with E-state index in [-0.39, 0.29) is 35.0 Å². The third-order valence-corrected chi connectivity index (χ3v) is 8.26. The molecule has 1 aliphatic heterocycles. The van der Waals surface area contributed by atoms with Crippen LogP contribution >= 0.6 is 23.2 Å². The van der Waals surface area contributed by atoms with Crippen molar-refractivity contribution < 1.29 is 19.1 Å². The number of rotatable bonds is 5. The molecule has 8 nitrogen and oxygen atoms in total. The van der Waals surface area contributed by atoms with E-state index in [1.54, 1.807) is 35.4 Å². The molecule has 1 aromatic carbocycles. The number of anilines is 1. The van der Waals surface area contributed by atoms with Crippen LogP contribution in [0.4, 0.5) is 10.6 Å². The molecule has 4 rings (SSSR count). The van der Waals surface area contributed by atoms with Crippen molar-refractivity contribution in [2.45, 2.75) is 66.2 Å². The Bertz CT molecular complexity index is 1200. The molecule has 2 aliphatic rings. The van der Waals surface area contributed by atoms with Gasteiger partial charge in [-0.05, 0) is 45.0 Å². The summed E-state index contributed by atoms with van der Waals surface area (Å²) in [7, 11) is 0. The van der Waals surface area contributed by atoms with Gasteiger partial charge in [0, 0.05) is 55.3 Å². The summed E-state index contributed by atoms with van der Waals surface area (Å²) in [6.45, 7) is 16.3. The Kier molecular flexibility index (Phi) is 8.03. The lowest BCUT2D eigenvalue weighted by Crippen LogP contribution is -2.74. The molecule has 212 valence electrons. The Morgan fingerprint density at radius 3 is 2.15 bits per heavy atom. The fraction of sp³-hybridized carbons (Fsp3) is 0.552. The van der Waals surface area contributed by atoms with Gasteiger partial charge in [0.25, 0.3) is 5.91 Å². The minimum atomic E-state index is -0.519. The van der Waals surface area contributed by atoms with Crippen LogP contribution in [0.1, 0.15) is 58.8 Å². The molecule has 0 spiro atoms. The van der Waals surface area contributed by atoms with Crippen LogP contribution < -0.4 is 15.0 Å². The first kappa shape index (κ1) is 29.3. The number of benzene rings is 1. The predicted octanol–water partition coefficient (Wildman–Crippen LogP) is 6.06. The molecule has 1 saturated heterocycles. The van der Waals surface area contributed by atoms with Crippen LogP contribution in [0, 0.1) is 10.8 Å². The number of hydrogen-bond acceptors (Lipinski definition) is 6. The maximum absolute atomic E-state index is 13.2. The van der Waals surface area contributed by atoms with Gasteiger partial charge in [-0.2, -0.15) is 0 Å². The van der Waals surface area contributed by atoms with Crippen molar-refractivity contribution in [3.8, 4) is 5.75 Å². The second kappa shape index (κ2) is 10.7. The van der Waals surface area contributed by atoms with Gasteiger partial charge < -0.3 is 24.6 Å². The van der Waals surface area contributed by atoms with E-state index < -0.39 is 5.60 Å². The molecular weight excluding hydrogens is 539 g/mol. The van der Waals surface area contributed by atoms with Crippen LogP contribution in [0.2, 0.25) is 10.0 Å². The van der Waals surface area contributed by atoms with E-state index in [0.717, 1.165) is 5.82 Å². The molecule has 0 unspecified atom stereocenters. The van der Waals surface area contributed by atoms with Crippen molar-refractivity contribution in [1.82, 2.24) is 15.2 Å². The minimum Gasteiger partial charge on any atom is -0.489 e. The van der Waals surface area contributed by atoms with E-state index in [1.165, 1.54) is 0 Å². The number of carbonyl (C=O) groups excluding carboxylic acids is 2. The van der Waals surface area contributed by atoms with E-state index in [4.69, 9.17) is 32.7 Å². The molecular formula is C29H38Cl2N4O4. The molecule has 1 aliphatic carbocycles. The maximum Gasteiger partial charge on any atom is 0.410 e. The zero-order valence-corrected chi connectivity index (χ0v) is 25.2. The first-order chi connectivity index (χ1) is 18.1. The van der Waals surface area contributed by atoms with Crippen LogP contribution in [-0.4, -0.2) is 65.8 Å². The van der Waals surface area contributed by atoms with E-state index in [9.17, 15) is 9.59 Å². The second-order valence-electron chi connectivity index (χ2n) is 12.5. The summed E-state index contributed by atoms with van der Waals surface area (Å²) in [6, 6.07) is 8.76. The Balaban J connectivity index is 1.34. The van der Waals surface area contributed by atoms with Gasteiger partial charge in [0.15, 0.2) is 0 Å². The molecule has 2 fully saturated rings. The van der Waals surface area contributed by atoms with Gasteiger partial charge in [-0.15, -0.1) is 0 Å². The SMILES string of the molecule is CC(C)(C)OC(=O)N1CCN(c2ccc(C(=O)N[C@H]3C(C)(C)[C@H](Oc4ccc(Cl)c(Cl)c4)C3(C)C)cn2)CC1. The summed E-state index contributed by atoms with van der Waals surface area (Å²) in [5.74, 6) is 1.24. The van der Waals surface area contributed by atoms with Crippen LogP contribution in [-0.2, 0) is 4.74 Å². The van der Waals surface area contributed by atoms with E-state index in [1.807, 2.05) is 26.8 Å². The summed E-state index contributed by atoms with van der Waals surface area (Å²) >= 11 is 12.2. The lowest BCUT2D eigenvalue weighted by Gasteiger charge is -2.63. The number of hydrogen-bond donors (Lipinski definition) is 1. The maximum atomic E-state index is 13.2. The summed E-state index contributed by atoms with van der Waals surface area (Å²) in [5, 5.41) is 4.12. The highest BCUT2D eigenvalue weighted by molar-refractivity contribution is 6.42. The van der Waals surface area contributed by atoms with Crippen molar-refractivity contribution in [2.24, 2.45) is 10.8 Å². The molecule has 1 N–H and O–H groups in total. The first-order valence-corrected chi connectivity index (χ1v) is 14.0. The third-order valence-electron chi connectivity index (χ3n) is 7.53. The zero-order valence-electron chi connectivity index (χ0n) is 23.7. The number of aromatic nitrogens is 1. The molecule has 0 atom stereocenters. The fourth-order valence-electron chi connectivity index (χ4n) is 5.85. The van der Waals surface area contributed by atoms with Crippen molar-refractivity contribution in [3.05, 3.63) is 52.1 Å². The molecule has 39 heavy (non-hydrogen) atoms. The smallest absolute Gasteiger partial charge is 0.410 e. The van der Waals surface area contributed by atoms with Crippen LogP contribution in [0.15, 0.2) is 36.5 Å². The zero-order chi connectivity index (χ0) is 28.8. The minimum absolute atomic E-state index is 0.120. The highest BCUT2D eigenvalue weighted by Crippen LogP contribution is 2.55. The predicted molar refractivity (Wildman–Crippen MR) is 154 cm³/mol. The first-order valence-electron chi connectivity index (χ1n) is 13.2. The Hall–Kier alpha value is -2.71. The molecule has 0 radical (unpaired) electrons. The average Bonchev–Trinajstić information content (AvgIpc) is 2.86. The molecule has 10 heteroatoms. The number of ether oxygens (including phenoxy) is 2. The molecule has 2 amide bonds. The molecule has 2 aromatic rings. The number of nitrogens with zero attached hydrogens (tertiary/aromatic N) is 3. The summed E-state index contributed by atoms with van der Waals surface area (Å²) in [5.41, 5.74) is -0.680. The number of amides is 2. The number of halogens is 2. The number of nitrogens with one attached hydrogen (secondary N) is 1. The van der Waals surface area contributed by atoms with Gasteiger partial charge in [-0.1, -0.05) is 50.9 Å². The topological polar surface area (TPSA) is 84.0 Å². The third kappa shape index (κ3) is 6.22. The van der Waals surface area contributed by atoms with Crippen molar-refractivity contribution in [3.63, 3.8) is 0 Å². The standard InChI is InChI=1S/C29H38Cl2N4O4/c1-27(2,3)39-26(37)35-14-12-34(13-15-35)22-11-8-18(17-32-22)23(36)33-24-28(4,5)25(29(24,6)7)38-19-9-10-20(30)21(31)16-19/h8-11,16-17,24-25H,12-15H2,1-7H3,(H,33,36)/t24-,25-. The van der Waals surface area contributed by atoms with Crippen LogP contribution in [0.5, 0.6) is 5.75 Å². The monoisotopic (exact) mass is 576 g/mol. The lowest BCUT2D eigenvalue weighted by molar-refractivity contribution is -0.164. The molecule has 2 heterocycles. The Labute approximate surface area is 240 Å². The van der Waals surface area contributed by atoms with E-state index in [2.05, 4.69) is 42.9 Å². The fourth-order valence-corrected chi connectivity index (χ4v) is 6.14. The van der Waals surface area contributed by atoms with Crippen molar-refractivity contribution in [1.29, 1.82) is 0 Å². The van der Waals surface area contributed by atoms with Gasteiger partial charge >= 0.3 is 6.09 Å². The normalized spacial score (nSPS) is 22.1. The largest absolute Gasteiger partial charge is 0.489 e. The molecule has 1 aromatic heterocycles. The highest BCUT2D eigenvalue weighted by Gasteiger charge is 2.64. The lowest BCUT2D eigenvalue weighted by atomic mass is 9.49. The van der Waals surface area contributed by atoms with Crippen LogP contribution in [0.25, 0.3) is 0 Å². The molecule has 0 bridgehead atoms. The molecule has 1 saturated carbocycles. The summed E-state index contributed by atoms with van der Waals surface area (Å²) in [6.07, 6.45) is 1.16. The van der Waals surface area contributed by atoms with Crippen LogP contribution in [0.3, 0.4) is 0 Å². The van der Waals surface area contributed by atoms with Crippen molar-refractivity contribution >= 4 is 41.0 Å². The van der Waals surface area contributed by atoms with Gasteiger partial charge in [0.2, 0.25) is 0 Å². The Morgan fingerprint density at radius 2 is 1.62 bits per heavy atom. The number of carbonyl (C=O) groups is 2. The van der Waals surface area contributed by atoms with Gasteiger partial charge in [0.1, 0.15) is 23.3 Å². The van der Waals surface area contributed by atoms with Gasteiger partial charge in [0.05, 0.1) is 15.6 Å². The van der Waals surface area contributed by atoms with E-state index in [0.29, 0.717) is 47.5 Å². The summed E-state index contributed by atoms with van der Waals surface area (Å²) < 4.78 is 11.8. The van der Waals surface area contributed by atoms with E-state index >= 15 is 0 Å².